The minimum atomic E-state index is -0.305. The highest BCUT2D eigenvalue weighted by Gasteiger charge is 2.23. The van der Waals surface area contributed by atoms with Crippen LogP contribution in [0.25, 0.3) is 11.3 Å². The fourth-order valence-corrected chi connectivity index (χ4v) is 3.47. The fourth-order valence-electron chi connectivity index (χ4n) is 2.58. The summed E-state index contributed by atoms with van der Waals surface area (Å²) in [7, 11) is 3.21. The van der Waals surface area contributed by atoms with Gasteiger partial charge >= 0.3 is 0 Å². The number of hydrogen-bond acceptors (Lipinski definition) is 6. The Bertz CT molecular complexity index is 931. The van der Waals surface area contributed by atoms with Crippen LogP contribution in [-0.4, -0.2) is 27.8 Å². The molecule has 1 N–H and O–H groups in total. The molecule has 0 radical (unpaired) electrons. The Morgan fingerprint density at radius 3 is 3.08 bits per heavy atom. The summed E-state index contributed by atoms with van der Waals surface area (Å²) in [6.07, 6.45) is 1.61. The number of thiazole rings is 1. The lowest BCUT2D eigenvalue weighted by Crippen LogP contribution is -2.12. The average molecular weight is 342 g/mol. The SMILES string of the molecule is COc1nn(C)cc1C(=O)Nc1nc2c(s1)COc1ccccc1-2. The van der Waals surface area contributed by atoms with Crippen molar-refractivity contribution in [2.75, 3.05) is 12.4 Å². The molecule has 0 saturated carbocycles. The highest BCUT2D eigenvalue weighted by atomic mass is 32.1. The molecule has 0 unspecified atom stereocenters. The summed E-state index contributed by atoms with van der Waals surface area (Å²) in [5, 5.41) is 7.42. The van der Waals surface area contributed by atoms with Crippen LogP contribution in [0.2, 0.25) is 0 Å². The van der Waals surface area contributed by atoms with E-state index >= 15 is 0 Å². The lowest BCUT2D eigenvalue weighted by Gasteiger charge is -2.15. The van der Waals surface area contributed by atoms with Gasteiger partial charge in [-0.1, -0.05) is 23.5 Å². The molecule has 2 aromatic heterocycles. The number of carbonyl (C=O) groups is 1. The van der Waals surface area contributed by atoms with E-state index < -0.39 is 0 Å². The minimum absolute atomic E-state index is 0.282. The molecule has 3 heterocycles. The van der Waals surface area contributed by atoms with Crippen molar-refractivity contribution >= 4 is 22.4 Å². The first-order valence-electron chi connectivity index (χ1n) is 7.26. The normalized spacial score (nSPS) is 12.1. The molecule has 0 spiro atoms. The minimum Gasteiger partial charge on any atom is -0.487 e. The average Bonchev–Trinajstić information content (AvgIpc) is 3.17. The number of hydrogen-bond donors (Lipinski definition) is 1. The maximum absolute atomic E-state index is 12.5. The molecule has 0 bridgehead atoms. The first-order chi connectivity index (χ1) is 11.7. The van der Waals surface area contributed by atoms with Gasteiger partial charge in [-0.05, 0) is 12.1 Å². The third-order valence-corrected chi connectivity index (χ3v) is 4.60. The zero-order chi connectivity index (χ0) is 16.7. The summed E-state index contributed by atoms with van der Waals surface area (Å²) in [6.45, 7) is 0.454. The van der Waals surface area contributed by atoms with Crippen LogP contribution in [0.15, 0.2) is 30.5 Å². The summed E-state index contributed by atoms with van der Waals surface area (Å²) in [5.74, 6) is 0.785. The van der Waals surface area contributed by atoms with Gasteiger partial charge in [0, 0.05) is 18.8 Å². The Kier molecular flexibility index (Phi) is 3.46. The fraction of sp³-hybridized carbons (Fsp3) is 0.188. The van der Waals surface area contributed by atoms with Crippen molar-refractivity contribution in [3.8, 4) is 22.9 Å². The predicted molar refractivity (Wildman–Crippen MR) is 89.6 cm³/mol. The van der Waals surface area contributed by atoms with E-state index in [0.29, 0.717) is 17.3 Å². The molecule has 0 aliphatic carbocycles. The second-order valence-electron chi connectivity index (χ2n) is 5.26. The second-order valence-corrected chi connectivity index (χ2v) is 6.34. The van der Waals surface area contributed by atoms with Crippen molar-refractivity contribution in [3.63, 3.8) is 0 Å². The number of methoxy groups -OCH3 is 1. The van der Waals surface area contributed by atoms with E-state index in [0.717, 1.165) is 21.9 Å². The van der Waals surface area contributed by atoms with Crippen molar-refractivity contribution in [2.24, 2.45) is 7.05 Å². The zero-order valence-electron chi connectivity index (χ0n) is 13.1. The lowest BCUT2D eigenvalue weighted by molar-refractivity contribution is 0.102. The molecule has 0 saturated heterocycles. The van der Waals surface area contributed by atoms with Gasteiger partial charge in [-0.15, -0.1) is 5.10 Å². The standard InChI is InChI=1S/C16H14N4O3S/c1-20-7-10(15(19-20)22-2)14(21)18-16-17-13-9-5-3-4-6-11(9)23-8-12(13)24-16/h3-7H,8H2,1-2H3,(H,17,18,21). The summed E-state index contributed by atoms with van der Waals surface area (Å²) >= 11 is 1.41. The third-order valence-electron chi connectivity index (χ3n) is 3.65. The molecule has 1 aliphatic rings. The zero-order valence-corrected chi connectivity index (χ0v) is 13.9. The van der Waals surface area contributed by atoms with E-state index in [-0.39, 0.29) is 11.8 Å². The maximum Gasteiger partial charge on any atom is 0.264 e. The highest BCUT2D eigenvalue weighted by molar-refractivity contribution is 7.16. The molecule has 1 aliphatic heterocycles. The number of para-hydroxylation sites is 1. The summed E-state index contributed by atoms with van der Waals surface area (Å²) < 4.78 is 12.4. The van der Waals surface area contributed by atoms with Gasteiger partial charge in [-0.3, -0.25) is 14.8 Å². The quantitative estimate of drug-likeness (QED) is 0.792. The van der Waals surface area contributed by atoms with Gasteiger partial charge < -0.3 is 9.47 Å². The van der Waals surface area contributed by atoms with Crippen LogP contribution in [0.4, 0.5) is 5.13 Å². The molecule has 3 aromatic rings. The van der Waals surface area contributed by atoms with E-state index in [9.17, 15) is 4.79 Å². The molecule has 1 aromatic carbocycles. The number of benzene rings is 1. The topological polar surface area (TPSA) is 78.3 Å². The number of carbonyl (C=O) groups excluding carboxylic acids is 1. The number of fused-ring (bicyclic) bond motifs is 3. The molecule has 0 atom stereocenters. The summed E-state index contributed by atoms with van der Waals surface area (Å²) in [5.41, 5.74) is 2.16. The van der Waals surface area contributed by atoms with Crippen LogP contribution in [0.5, 0.6) is 11.6 Å². The largest absolute Gasteiger partial charge is 0.487 e. The van der Waals surface area contributed by atoms with Crippen molar-refractivity contribution in [3.05, 3.63) is 40.9 Å². The Morgan fingerprint density at radius 1 is 1.42 bits per heavy atom. The van der Waals surface area contributed by atoms with Crippen LogP contribution in [0.3, 0.4) is 0 Å². The molecule has 7 nitrogen and oxygen atoms in total. The van der Waals surface area contributed by atoms with E-state index in [1.807, 2.05) is 24.3 Å². The van der Waals surface area contributed by atoms with Gasteiger partial charge in [0.05, 0.1) is 17.7 Å². The summed E-state index contributed by atoms with van der Waals surface area (Å²) in [4.78, 5) is 18.0. The predicted octanol–water partition coefficient (Wildman–Crippen LogP) is 2.70. The first-order valence-corrected chi connectivity index (χ1v) is 8.08. The Morgan fingerprint density at radius 2 is 2.25 bits per heavy atom. The van der Waals surface area contributed by atoms with Crippen LogP contribution < -0.4 is 14.8 Å². The van der Waals surface area contributed by atoms with Gasteiger partial charge in [-0.25, -0.2) is 4.98 Å². The number of aryl methyl sites for hydroxylation is 1. The molecule has 122 valence electrons. The molecule has 24 heavy (non-hydrogen) atoms. The third kappa shape index (κ3) is 2.41. The van der Waals surface area contributed by atoms with E-state index in [1.54, 1.807) is 13.2 Å². The van der Waals surface area contributed by atoms with Crippen molar-refractivity contribution in [2.45, 2.75) is 6.61 Å². The Labute approximate surface area is 141 Å². The van der Waals surface area contributed by atoms with E-state index in [4.69, 9.17) is 9.47 Å². The van der Waals surface area contributed by atoms with Crippen LogP contribution in [-0.2, 0) is 13.7 Å². The van der Waals surface area contributed by atoms with Crippen molar-refractivity contribution in [1.29, 1.82) is 0 Å². The lowest BCUT2D eigenvalue weighted by atomic mass is 10.1. The van der Waals surface area contributed by atoms with Crippen molar-refractivity contribution in [1.82, 2.24) is 14.8 Å². The Balaban J connectivity index is 1.63. The molecular weight excluding hydrogens is 328 g/mol. The van der Waals surface area contributed by atoms with Gasteiger partial charge in [0.2, 0.25) is 5.88 Å². The number of rotatable bonds is 3. The smallest absolute Gasteiger partial charge is 0.264 e. The molecule has 4 rings (SSSR count). The van der Waals surface area contributed by atoms with Gasteiger partial charge in [-0.2, -0.15) is 0 Å². The van der Waals surface area contributed by atoms with E-state index in [1.165, 1.54) is 23.1 Å². The number of amides is 1. The molecule has 8 heteroatoms. The molecular formula is C16H14N4O3S. The first kappa shape index (κ1) is 14.7. The molecule has 1 amide bonds. The number of ether oxygens (including phenoxy) is 2. The maximum atomic E-state index is 12.5. The monoisotopic (exact) mass is 342 g/mol. The van der Waals surface area contributed by atoms with Crippen molar-refractivity contribution < 1.29 is 14.3 Å². The van der Waals surface area contributed by atoms with Gasteiger partial charge in [0.15, 0.2) is 5.13 Å². The second kappa shape index (κ2) is 5.64. The van der Waals surface area contributed by atoms with Crippen LogP contribution >= 0.6 is 11.3 Å². The number of aromatic nitrogens is 3. The van der Waals surface area contributed by atoms with Gasteiger partial charge in [0.25, 0.3) is 5.91 Å². The van der Waals surface area contributed by atoms with Gasteiger partial charge in [0.1, 0.15) is 17.9 Å². The number of nitrogens with zero attached hydrogens (tertiary/aromatic N) is 3. The number of anilines is 1. The Hall–Kier alpha value is -2.87. The van der Waals surface area contributed by atoms with Crippen LogP contribution in [0.1, 0.15) is 15.2 Å². The number of nitrogens with one attached hydrogen (secondary N) is 1. The highest BCUT2D eigenvalue weighted by Crippen LogP contribution is 2.40. The van der Waals surface area contributed by atoms with Crippen LogP contribution in [0, 0.1) is 0 Å². The van der Waals surface area contributed by atoms with E-state index in [2.05, 4.69) is 15.4 Å². The summed E-state index contributed by atoms with van der Waals surface area (Å²) in [6, 6.07) is 7.74. The molecule has 0 fully saturated rings.